The van der Waals surface area contributed by atoms with Gasteiger partial charge < -0.3 is 14.8 Å². The number of aliphatic hydroxyl groups excluding tert-OH is 1. The molecule has 0 spiro atoms. The molecule has 0 aromatic carbocycles. The van der Waals surface area contributed by atoms with Crippen LogP contribution in [0.1, 0.15) is 11.3 Å². The summed E-state index contributed by atoms with van der Waals surface area (Å²) in [6.45, 7) is -0.0698. The standard InChI is InChI=1S/C13H12N2O3/c16-9-10-3-5-12(14-8-10)15-13(17)6-4-11-2-1-7-18-11/h1-8,16H,9H2,(H,14,15,17)/b6-4+. The molecule has 0 radical (unpaired) electrons. The second kappa shape index (κ2) is 5.79. The van der Waals surface area contributed by atoms with E-state index in [-0.39, 0.29) is 12.5 Å². The number of anilines is 1. The summed E-state index contributed by atoms with van der Waals surface area (Å²) in [6, 6.07) is 6.81. The van der Waals surface area contributed by atoms with Gasteiger partial charge in [0, 0.05) is 12.3 Å². The van der Waals surface area contributed by atoms with E-state index in [0.29, 0.717) is 17.1 Å². The molecule has 0 unspecified atom stereocenters. The molecule has 18 heavy (non-hydrogen) atoms. The molecule has 2 rings (SSSR count). The minimum absolute atomic E-state index is 0.0698. The van der Waals surface area contributed by atoms with Crippen LogP contribution in [0.2, 0.25) is 0 Å². The number of nitrogens with one attached hydrogen (secondary N) is 1. The molecule has 5 heteroatoms. The highest BCUT2D eigenvalue weighted by Crippen LogP contribution is 2.06. The molecule has 0 fully saturated rings. The molecule has 0 atom stereocenters. The van der Waals surface area contributed by atoms with Gasteiger partial charge in [-0.25, -0.2) is 4.98 Å². The smallest absolute Gasteiger partial charge is 0.249 e. The zero-order chi connectivity index (χ0) is 12.8. The second-order valence-corrected chi connectivity index (χ2v) is 3.55. The summed E-state index contributed by atoms with van der Waals surface area (Å²) in [7, 11) is 0. The fourth-order valence-electron chi connectivity index (χ4n) is 1.30. The number of hydrogen-bond donors (Lipinski definition) is 2. The van der Waals surface area contributed by atoms with Gasteiger partial charge in [0.25, 0.3) is 0 Å². The van der Waals surface area contributed by atoms with Crippen LogP contribution in [-0.2, 0) is 11.4 Å². The lowest BCUT2D eigenvalue weighted by atomic mass is 10.3. The molecule has 0 aliphatic carbocycles. The van der Waals surface area contributed by atoms with E-state index in [4.69, 9.17) is 9.52 Å². The highest BCUT2D eigenvalue weighted by molar-refractivity contribution is 6.01. The fraction of sp³-hybridized carbons (Fsp3) is 0.0769. The van der Waals surface area contributed by atoms with Crippen molar-refractivity contribution < 1.29 is 14.3 Å². The average Bonchev–Trinajstić information content (AvgIpc) is 2.90. The zero-order valence-electron chi connectivity index (χ0n) is 9.54. The van der Waals surface area contributed by atoms with Crippen molar-refractivity contribution in [2.75, 3.05) is 5.32 Å². The lowest BCUT2D eigenvalue weighted by Crippen LogP contribution is -2.09. The first-order valence-corrected chi connectivity index (χ1v) is 5.36. The van der Waals surface area contributed by atoms with E-state index >= 15 is 0 Å². The summed E-state index contributed by atoms with van der Waals surface area (Å²) in [4.78, 5) is 15.5. The minimum atomic E-state index is -0.296. The van der Waals surface area contributed by atoms with E-state index in [1.165, 1.54) is 18.5 Å². The van der Waals surface area contributed by atoms with Crippen LogP contribution in [0.15, 0.2) is 47.2 Å². The van der Waals surface area contributed by atoms with Crippen LogP contribution in [0, 0.1) is 0 Å². The van der Waals surface area contributed by atoms with Gasteiger partial charge in [-0.3, -0.25) is 4.79 Å². The van der Waals surface area contributed by atoms with E-state index < -0.39 is 0 Å². The van der Waals surface area contributed by atoms with Crippen molar-refractivity contribution in [3.05, 3.63) is 54.1 Å². The zero-order valence-corrected chi connectivity index (χ0v) is 9.54. The molecule has 0 bridgehead atoms. The molecule has 2 aromatic rings. The third-order valence-corrected chi connectivity index (χ3v) is 2.20. The van der Waals surface area contributed by atoms with Gasteiger partial charge in [-0.05, 0) is 29.8 Å². The predicted octanol–water partition coefficient (Wildman–Crippen LogP) is 1.82. The number of rotatable bonds is 4. The topological polar surface area (TPSA) is 75.4 Å². The van der Waals surface area contributed by atoms with Gasteiger partial charge in [-0.2, -0.15) is 0 Å². The highest BCUT2D eigenvalue weighted by atomic mass is 16.3. The van der Waals surface area contributed by atoms with Crippen molar-refractivity contribution in [1.29, 1.82) is 0 Å². The third-order valence-electron chi connectivity index (χ3n) is 2.20. The van der Waals surface area contributed by atoms with Gasteiger partial charge in [0.05, 0.1) is 12.9 Å². The molecular formula is C13H12N2O3. The summed E-state index contributed by atoms with van der Waals surface area (Å²) in [5, 5.41) is 11.4. The highest BCUT2D eigenvalue weighted by Gasteiger charge is 1.99. The van der Waals surface area contributed by atoms with E-state index in [0.717, 1.165) is 0 Å². The van der Waals surface area contributed by atoms with E-state index in [1.54, 1.807) is 30.3 Å². The van der Waals surface area contributed by atoms with Crippen molar-refractivity contribution in [2.24, 2.45) is 0 Å². The first-order valence-electron chi connectivity index (χ1n) is 5.36. The summed E-state index contributed by atoms with van der Waals surface area (Å²) < 4.78 is 5.05. The van der Waals surface area contributed by atoms with Gasteiger partial charge in [-0.15, -0.1) is 0 Å². The van der Waals surface area contributed by atoms with Gasteiger partial charge in [0.1, 0.15) is 11.6 Å². The third kappa shape index (κ3) is 3.29. The maximum Gasteiger partial charge on any atom is 0.249 e. The van der Waals surface area contributed by atoms with Crippen LogP contribution in [-0.4, -0.2) is 16.0 Å². The second-order valence-electron chi connectivity index (χ2n) is 3.55. The lowest BCUT2D eigenvalue weighted by Gasteiger charge is -2.01. The van der Waals surface area contributed by atoms with Crippen LogP contribution >= 0.6 is 0 Å². The summed E-state index contributed by atoms with van der Waals surface area (Å²) in [5.41, 5.74) is 0.694. The summed E-state index contributed by atoms with van der Waals surface area (Å²) in [5.74, 6) is 0.741. The van der Waals surface area contributed by atoms with Gasteiger partial charge in [0.15, 0.2) is 0 Å². The van der Waals surface area contributed by atoms with Crippen LogP contribution < -0.4 is 5.32 Å². The Hall–Kier alpha value is -2.40. The molecule has 0 aliphatic rings. The number of hydrogen-bond acceptors (Lipinski definition) is 4. The number of carbonyl (C=O) groups is 1. The van der Waals surface area contributed by atoms with Crippen LogP contribution in [0.3, 0.4) is 0 Å². The average molecular weight is 244 g/mol. The molecule has 0 aliphatic heterocycles. The molecular weight excluding hydrogens is 232 g/mol. The molecule has 2 heterocycles. The first kappa shape index (κ1) is 12.1. The number of aromatic nitrogens is 1. The molecule has 2 N–H and O–H groups in total. The number of nitrogens with zero attached hydrogens (tertiary/aromatic N) is 1. The van der Waals surface area contributed by atoms with E-state index in [1.807, 2.05) is 0 Å². The first-order chi connectivity index (χ1) is 8.78. The summed E-state index contributed by atoms with van der Waals surface area (Å²) in [6.07, 6.45) is 5.97. The minimum Gasteiger partial charge on any atom is -0.465 e. The molecule has 0 saturated heterocycles. The largest absolute Gasteiger partial charge is 0.465 e. The van der Waals surface area contributed by atoms with Gasteiger partial charge in [-0.1, -0.05) is 6.07 Å². The van der Waals surface area contributed by atoms with Crippen LogP contribution in [0.25, 0.3) is 6.08 Å². The molecule has 0 saturated carbocycles. The Morgan fingerprint density at radius 1 is 1.44 bits per heavy atom. The number of aliphatic hydroxyl groups is 1. The Kier molecular flexibility index (Phi) is 3.88. The Bertz CT molecular complexity index is 530. The Labute approximate surface area is 104 Å². The molecule has 92 valence electrons. The number of furan rings is 1. The number of amides is 1. The monoisotopic (exact) mass is 244 g/mol. The number of carbonyl (C=O) groups excluding carboxylic acids is 1. The van der Waals surface area contributed by atoms with Gasteiger partial charge in [0.2, 0.25) is 5.91 Å². The maximum absolute atomic E-state index is 11.5. The van der Waals surface area contributed by atoms with Crippen LogP contribution in [0.5, 0.6) is 0 Å². The maximum atomic E-state index is 11.5. The molecule has 1 amide bonds. The van der Waals surface area contributed by atoms with Gasteiger partial charge >= 0.3 is 0 Å². The Morgan fingerprint density at radius 2 is 2.33 bits per heavy atom. The SMILES string of the molecule is O=C(/C=C/c1ccco1)Nc1ccc(CO)cn1. The van der Waals surface area contributed by atoms with Crippen molar-refractivity contribution in [3.8, 4) is 0 Å². The van der Waals surface area contributed by atoms with E-state index in [9.17, 15) is 4.79 Å². The Morgan fingerprint density at radius 3 is 2.94 bits per heavy atom. The summed E-state index contributed by atoms with van der Waals surface area (Å²) >= 11 is 0. The van der Waals surface area contributed by atoms with Crippen molar-refractivity contribution in [1.82, 2.24) is 4.98 Å². The normalized spacial score (nSPS) is 10.7. The van der Waals surface area contributed by atoms with Crippen molar-refractivity contribution >= 4 is 17.8 Å². The van der Waals surface area contributed by atoms with Crippen LogP contribution in [0.4, 0.5) is 5.82 Å². The predicted molar refractivity (Wildman–Crippen MR) is 66.5 cm³/mol. The van der Waals surface area contributed by atoms with Crippen molar-refractivity contribution in [3.63, 3.8) is 0 Å². The fourth-order valence-corrected chi connectivity index (χ4v) is 1.30. The van der Waals surface area contributed by atoms with Crippen molar-refractivity contribution in [2.45, 2.75) is 6.61 Å². The lowest BCUT2D eigenvalue weighted by molar-refractivity contribution is -0.111. The quantitative estimate of drug-likeness (QED) is 0.804. The molecule has 5 nitrogen and oxygen atoms in total. The Balaban J connectivity index is 1.94. The molecule has 2 aromatic heterocycles. The number of pyridine rings is 1. The van der Waals surface area contributed by atoms with E-state index in [2.05, 4.69) is 10.3 Å².